The number of carboxylic acid groups (broad SMARTS) is 1. The van der Waals surface area contributed by atoms with E-state index in [0.29, 0.717) is 23.6 Å². The van der Waals surface area contributed by atoms with Crippen molar-refractivity contribution in [1.29, 1.82) is 0 Å². The molecule has 0 saturated heterocycles. The van der Waals surface area contributed by atoms with Crippen molar-refractivity contribution < 1.29 is 9.90 Å². The van der Waals surface area contributed by atoms with Gasteiger partial charge in [0.15, 0.2) is 0 Å². The minimum atomic E-state index is -0.862. The third-order valence-electron chi connectivity index (χ3n) is 6.08. The summed E-state index contributed by atoms with van der Waals surface area (Å²) in [6.45, 7) is 2.26. The minimum absolute atomic E-state index is 0.296. The van der Waals surface area contributed by atoms with Crippen molar-refractivity contribution in [3.63, 3.8) is 0 Å². The van der Waals surface area contributed by atoms with Crippen molar-refractivity contribution in [2.75, 3.05) is 0 Å². The molecular formula is C25H27NO2. The van der Waals surface area contributed by atoms with Gasteiger partial charge in [-0.3, -0.25) is 0 Å². The van der Waals surface area contributed by atoms with E-state index in [9.17, 15) is 4.79 Å². The highest BCUT2D eigenvalue weighted by Gasteiger charge is 2.25. The topological polar surface area (TPSA) is 49.3 Å². The maximum atomic E-state index is 11.1. The normalized spacial score (nSPS) is 20.8. The molecule has 0 aliphatic heterocycles. The first-order chi connectivity index (χ1) is 13.6. The molecule has 0 aromatic heterocycles. The Morgan fingerprint density at radius 3 is 2.54 bits per heavy atom. The van der Waals surface area contributed by atoms with E-state index >= 15 is 0 Å². The van der Waals surface area contributed by atoms with Crippen LogP contribution >= 0.6 is 0 Å². The van der Waals surface area contributed by atoms with Crippen molar-refractivity contribution >= 4 is 16.7 Å². The third-order valence-corrected chi connectivity index (χ3v) is 6.08. The van der Waals surface area contributed by atoms with Crippen molar-refractivity contribution in [3.05, 3.63) is 83.4 Å². The molecule has 0 heterocycles. The molecule has 2 N–H and O–H groups in total. The molecular weight excluding hydrogens is 346 g/mol. The fourth-order valence-electron chi connectivity index (χ4n) is 4.61. The van der Waals surface area contributed by atoms with Gasteiger partial charge in [-0.25, -0.2) is 4.79 Å². The average Bonchev–Trinajstić information content (AvgIpc) is 2.73. The largest absolute Gasteiger partial charge is 0.478 e. The lowest BCUT2D eigenvalue weighted by atomic mass is 9.81. The Morgan fingerprint density at radius 1 is 1.00 bits per heavy atom. The standard InChI is InChI=1S/C25H27NO2/c1-17(23-11-5-7-19-6-2-3-10-24(19)23)26-22-9-4-8-21(16-22)18-12-14-20(15-13-18)25(27)28/h2-3,5-7,10-15,17,21-22,26H,4,8-9,16H2,1H3,(H,27,28). The number of hydrogen-bond acceptors (Lipinski definition) is 2. The molecule has 0 bridgehead atoms. The Morgan fingerprint density at radius 2 is 1.75 bits per heavy atom. The average molecular weight is 373 g/mol. The molecule has 0 spiro atoms. The molecule has 3 nitrogen and oxygen atoms in total. The third kappa shape index (κ3) is 3.95. The van der Waals surface area contributed by atoms with Gasteiger partial charge >= 0.3 is 5.97 Å². The smallest absolute Gasteiger partial charge is 0.335 e. The first kappa shape index (κ1) is 18.7. The maximum Gasteiger partial charge on any atom is 0.335 e. The lowest BCUT2D eigenvalue weighted by Gasteiger charge is -2.32. The van der Waals surface area contributed by atoms with E-state index in [0.717, 1.165) is 6.42 Å². The molecule has 144 valence electrons. The van der Waals surface area contributed by atoms with Crippen LogP contribution in [0.15, 0.2) is 66.7 Å². The van der Waals surface area contributed by atoms with E-state index in [4.69, 9.17) is 5.11 Å². The van der Waals surface area contributed by atoms with Crippen molar-refractivity contribution in [2.24, 2.45) is 0 Å². The quantitative estimate of drug-likeness (QED) is 0.584. The SMILES string of the molecule is CC(NC1CCCC(c2ccc(C(=O)O)cc2)C1)c1cccc2ccccc12. The Bertz CT molecular complexity index is 958. The Balaban J connectivity index is 1.46. The lowest BCUT2D eigenvalue weighted by molar-refractivity contribution is 0.0697. The highest BCUT2D eigenvalue weighted by Crippen LogP contribution is 2.34. The van der Waals surface area contributed by atoms with Gasteiger partial charge in [0.25, 0.3) is 0 Å². The molecule has 1 fully saturated rings. The van der Waals surface area contributed by atoms with Gasteiger partial charge in [-0.15, -0.1) is 0 Å². The second kappa shape index (κ2) is 8.15. The number of rotatable bonds is 5. The number of carbonyl (C=O) groups is 1. The van der Waals surface area contributed by atoms with E-state index in [1.165, 1.54) is 41.2 Å². The fourth-order valence-corrected chi connectivity index (χ4v) is 4.61. The Labute approximate surface area is 166 Å². The summed E-state index contributed by atoms with van der Waals surface area (Å²) in [6, 6.07) is 23.3. The molecule has 3 aromatic rings. The van der Waals surface area contributed by atoms with E-state index in [-0.39, 0.29) is 0 Å². The van der Waals surface area contributed by atoms with Crippen LogP contribution in [0.5, 0.6) is 0 Å². The number of aromatic carboxylic acids is 1. The van der Waals surface area contributed by atoms with Crippen LogP contribution in [0.3, 0.4) is 0 Å². The van der Waals surface area contributed by atoms with Gasteiger partial charge in [0.05, 0.1) is 5.56 Å². The summed E-state index contributed by atoms with van der Waals surface area (Å²) < 4.78 is 0. The Hall–Kier alpha value is -2.65. The van der Waals surface area contributed by atoms with E-state index in [1.54, 1.807) is 12.1 Å². The van der Waals surface area contributed by atoms with Gasteiger partial charge < -0.3 is 10.4 Å². The van der Waals surface area contributed by atoms with Crippen LogP contribution in [-0.2, 0) is 0 Å². The summed E-state index contributed by atoms with van der Waals surface area (Å²) in [5.41, 5.74) is 2.97. The van der Waals surface area contributed by atoms with Crippen molar-refractivity contribution in [1.82, 2.24) is 5.32 Å². The fraction of sp³-hybridized carbons (Fsp3) is 0.320. The van der Waals surface area contributed by atoms with Gasteiger partial charge in [0.2, 0.25) is 0 Å². The summed E-state index contributed by atoms with van der Waals surface area (Å²) >= 11 is 0. The Kier molecular flexibility index (Phi) is 5.45. The molecule has 1 saturated carbocycles. The molecule has 3 heteroatoms. The zero-order valence-corrected chi connectivity index (χ0v) is 16.3. The molecule has 3 aromatic carbocycles. The zero-order chi connectivity index (χ0) is 19.5. The highest BCUT2D eigenvalue weighted by atomic mass is 16.4. The first-order valence-electron chi connectivity index (χ1n) is 10.2. The number of fused-ring (bicyclic) bond motifs is 1. The monoisotopic (exact) mass is 373 g/mol. The van der Waals surface area contributed by atoms with Crippen molar-refractivity contribution in [2.45, 2.75) is 50.6 Å². The van der Waals surface area contributed by atoms with E-state index < -0.39 is 5.97 Å². The first-order valence-corrected chi connectivity index (χ1v) is 10.2. The van der Waals surface area contributed by atoms with Crippen LogP contribution in [-0.4, -0.2) is 17.1 Å². The van der Waals surface area contributed by atoms with Gasteiger partial charge in [-0.2, -0.15) is 0 Å². The van der Waals surface area contributed by atoms with Crippen LogP contribution in [0.25, 0.3) is 10.8 Å². The number of hydrogen-bond donors (Lipinski definition) is 2. The predicted molar refractivity (Wildman–Crippen MR) is 114 cm³/mol. The number of carboxylic acids is 1. The van der Waals surface area contributed by atoms with E-state index in [1.807, 2.05) is 12.1 Å². The van der Waals surface area contributed by atoms with E-state index in [2.05, 4.69) is 54.7 Å². The lowest BCUT2D eigenvalue weighted by Crippen LogP contribution is -2.35. The van der Waals surface area contributed by atoms with Gasteiger partial charge in [0, 0.05) is 12.1 Å². The van der Waals surface area contributed by atoms with Gasteiger partial charge in [-0.1, -0.05) is 61.0 Å². The van der Waals surface area contributed by atoms with Crippen LogP contribution < -0.4 is 5.32 Å². The summed E-state index contributed by atoms with van der Waals surface area (Å²) in [4.78, 5) is 11.1. The van der Waals surface area contributed by atoms with Gasteiger partial charge in [-0.05, 0) is 66.1 Å². The van der Waals surface area contributed by atoms with Crippen LogP contribution in [0.2, 0.25) is 0 Å². The second-order valence-corrected chi connectivity index (χ2v) is 7.94. The molecule has 1 aliphatic rings. The molecule has 4 rings (SSSR count). The maximum absolute atomic E-state index is 11.1. The molecule has 3 unspecified atom stereocenters. The van der Waals surface area contributed by atoms with Crippen LogP contribution in [0, 0.1) is 0 Å². The molecule has 3 atom stereocenters. The molecule has 0 amide bonds. The number of nitrogens with one attached hydrogen (secondary N) is 1. The van der Waals surface area contributed by atoms with Crippen molar-refractivity contribution in [3.8, 4) is 0 Å². The summed E-state index contributed by atoms with van der Waals surface area (Å²) in [6.07, 6.45) is 4.67. The van der Waals surface area contributed by atoms with Gasteiger partial charge in [0.1, 0.15) is 0 Å². The summed E-state index contributed by atoms with van der Waals surface area (Å²) in [5, 5.41) is 15.6. The van der Waals surface area contributed by atoms with Crippen LogP contribution in [0.1, 0.15) is 66.1 Å². The zero-order valence-electron chi connectivity index (χ0n) is 16.3. The molecule has 28 heavy (non-hydrogen) atoms. The summed E-state index contributed by atoms with van der Waals surface area (Å²) in [7, 11) is 0. The van der Waals surface area contributed by atoms with Crippen LogP contribution in [0.4, 0.5) is 0 Å². The molecule has 0 radical (unpaired) electrons. The number of benzene rings is 3. The molecule has 1 aliphatic carbocycles. The highest BCUT2D eigenvalue weighted by molar-refractivity contribution is 5.87. The predicted octanol–water partition coefficient (Wildman–Crippen LogP) is 5.92. The summed E-state index contributed by atoms with van der Waals surface area (Å²) in [5.74, 6) is -0.368. The minimum Gasteiger partial charge on any atom is -0.478 e. The second-order valence-electron chi connectivity index (χ2n) is 7.94.